The van der Waals surface area contributed by atoms with Gasteiger partial charge < -0.3 is 10.6 Å². The zero-order valence-corrected chi connectivity index (χ0v) is 18.2. The Morgan fingerprint density at radius 2 is 1.79 bits per heavy atom. The normalized spacial score (nSPS) is 11.2. The van der Waals surface area contributed by atoms with Crippen molar-refractivity contribution in [1.82, 2.24) is 5.32 Å². The first kappa shape index (κ1) is 21.9. The number of sulfonamides is 1. The molecule has 2 aromatic carbocycles. The highest BCUT2D eigenvalue weighted by molar-refractivity contribution is 9.10. The number of rotatable bonds is 7. The molecule has 2 amide bonds. The van der Waals surface area contributed by atoms with E-state index in [0.29, 0.717) is 21.4 Å². The maximum atomic E-state index is 12.6. The van der Waals surface area contributed by atoms with Crippen LogP contribution in [0.25, 0.3) is 0 Å². The third-order valence-corrected chi connectivity index (χ3v) is 5.28. The molecule has 0 atom stereocenters. The van der Waals surface area contributed by atoms with E-state index in [1.54, 1.807) is 48.5 Å². The van der Waals surface area contributed by atoms with Crippen LogP contribution in [0.15, 0.2) is 53.0 Å². The SMILES string of the molecule is CC(C)NC(=O)c1ccccc1NC(=O)CN(c1cccc(Br)c1)S(C)(=O)=O. The average Bonchev–Trinajstić information content (AvgIpc) is 2.58. The number of carbonyl (C=O) groups excluding carboxylic acids is 2. The van der Waals surface area contributed by atoms with Crippen molar-refractivity contribution in [3.8, 4) is 0 Å². The maximum absolute atomic E-state index is 12.6. The Morgan fingerprint density at radius 3 is 2.39 bits per heavy atom. The lowest BCUT2D eigenvalue weighted by molar-refractivity contribution is -0.114. The summed E-state index contributed by atoms with van der Waals surface area (Å²) >= 11 is 3.30. The molecular formula is C19H22BrN3O4S. The van der Waals surface area contributed by atoms with E-state index in [4.69, 9.17) is 0 Å². The van der Waals surface area contributed by atoms with E-state index >= 15 is 0 Å². The van der Waals surface area contributed by atoms with E-state index in [9.17, 15) is 18.0 Å². The number of para-hydroxylation sites is 1. The zero-order valence-electron chi connectivity index (χ0n) is 15.8. The third kappa shape index (κ3) is 6.07. The molecule has 28 heavy (non-hydrogen) atoms. The second kappa shape index (κ2) is 9.20. The van der Waals surface area contributed by atoms with Gasteiger partial charge in [0.1, 0.15) is 6.54 Å². The van der Waals surface area contributed by atoms with Gasteiger partial charge in [-0.3, -0.25) is 13.9 Å². The molecule has 0 spiro atoms. The monoisotopic (exact) mass is 467 g/mol. The summed E-state index contributed by atoms with van der Waals surface area (Å²) in [5.41, 5.74) is 0.976. The summed E-state index contributed by atoms with van der Waals surface area (Å²) in [6, 6.07) is 13.1. The third-order valence-electron chi connectivity index (χ3n) is 3.65. The molecule has 150 valence electrons. The summed E-state index contributed by atoms with van der Waals surface area (Å²) in [4.78, 5) is 24.9. The number of halogens is 1. The molecule has 0 fully saturated rings. The molecular weight excluding hydrogens is 446 g/mol. The van der Waals surface area contributed by atoms with Gasteiger partial charge in [0.2, 0.25) is 15.9 Å². The van der Waals surface area contributed by atoms with E-state index in [0.717, 1.165) is 10.6 Å². The number of hydrogen-bond donors (Lipinski definition) is 2. The number of anilines is 2. The Balaban J connectivity index is 2.24. The van der Waals surface area contributed by atoms with Gasteiger partial charge in [-0.15, -0.1) is 0 Å². The van der Waals surface area contributed by atoms with E-state index in [2.05, 4.69) is 26.6 Å². The van der Waals surface area contributed by atoms with E-state index < -0.39 is 22.5 Å². The Bertz CT molecular complexity index is 977. The summed E-state index contributed by atoms with van der Waals surface area (Å²) in [5.74, 6) is -0.881. The van der Waals surface area contributed by atoms with Crippen LogP contribution in [0.5, 0.6) is 0 Å². The van der Waals surface area contributed by atoms with Gasteiger partial charge in [-0.2, -0.15) is 0 Å². The summed E-state index contributed by atoms with van der Waals surface area (Å²) in [7, 11) is -3.69. The van der Waals surface area contributed by atoms with E-state index in [-0.39, 0.29) is 11.9 Å². The molecule has 0 unspecified atom stereocenters. The second-order valence-electron chi connectivity index (χ2n) is 6.47. The van der Waals surface area contributed by atoms with Gasteiger partial charge >= 0.3 is 0 Å². The van der Waals surface area contributed by atoms with Gasteiger partial charge in [0, 0.05) is 10.5 Å². The lowest BCUT2D eigenvalue weighted by Crippen LogP contribution is -2.38. The number of amides is 2. The number of hydrogen-bond acceptors (Lipinski definition) is 4. The van der Waals surface area contributed by atoms with Crippen molar-refractivity contribution in [2.24, 2.45) is 0 Å². The van der Waals surface area contributed by atoms with Crippen LogP contribution in [0.4, 0.5) is 11.4 Å². The highest BCUT2D eigenvalue weighted by Gasteiger charge is 2.22. The topological polar surface area (TPSA) is 95.6 Å². The van der Waals surface area contributed by atoms with Crippen molar-refractivity contribution in [2.45, 2.75) is 19.9 Å². The van der Waals surface area contributed by atoms with Crippen molar-refractivity contribution < 1.29 is 18.0 Å². The summed E-state index contributed by atoms with van der Waals surface area (Å²) in [6.45, 7) is 3.25. The Kier molecular flexibility index (Phi) is 7.20. The van der Waals surface area contributed by atoms with E-state index in [1.807, 2.05) is 13.8 Å². The lowest BCUT2D eigenvalue weighted by Gasteiger charge is -2.22. The fourth-order valence-corrected chi connectivity index (χ4v) is 3.72. The number of benzene rings is 2. The highest BCUT2D eigenvalue weighted by atomic mass is 79.9. The first-order chi connectivity index (χ1) is 13.1. The average molecular weight is 468 g/mol. The second-order valence-corrected chi connectivity index (χ2v) is 9.29. The molecule has 0 saturated heterocycles. The van der Waals surface area contributed by atoms with Gasteiger partial charge in [-0.05, 0) is 44.2 Å². The molecule has 2 N–H and O–H groups in total. The van der Waals surface area contributed by atoms with Crippen molar-refractivity contribution >= 4 is 49.1 Å². The Morgan fingerprint density at radius 1 is 1.11 bits per heavy atom. The maximum Gasteiger partial charge on any atom is 0.253 e. The predicted octanol–water partition coefficient (Wildman–Crippen LogP) is 2.99. The van der Waals surface area contributed by atoms with Crippen LogP contribution in [0.3, 0.4) is 0 Å². The number of nitrogens with one attached hydrogen (secondary N) is 2. The van der Waals surface area contributed by atoms with Gasteiger partial charge in [-0.1, -0.05) is 34.1 Å². The molecule has 2 aromatic rings. The zero-order chi connectivity index (χ0) is 20.9. The first-order valence-corrected chi connectivity index (χ1v) is 11.1. The molecule has 9 heteroatoms. The minimum absolute atomic E-state index is 0.0616. The molecule has 0 aliphatic carbocycles. The van der Waals surface area contributed by atoms with Crippen LogP contribution in [0, 0.1) is 0 Å². The number of nitrogens with zero attached hydrogens (tertiary/aromatic N) is 1. The molecule has 0 aliphatic rings. The summed E-state index contributed by atoms with van der Waals surface area (Å²) in [6.07, 6.45) is 1.03. The fraction of sp³-hybridized carbons (Fsp3) is 0.263. The first-order valence-electron chi connectivity index (χ1n) is 8.51. The van der Waals surface area contributed by atoms with E-state index in [1.165, 1.54) is 0 Å². The van der Waals surface area contributed by atoms with Gasteiger partial charge in [0.15, 0.2) is 0 Å². The van der Waals surface area contributed by atoms with Gasteiger partial charge in [0.25, 0.3) is 5.91 Å². The van der Waals surface area contributed by atoms with Gasteiger partial charge in [-0.25, -0.2) is 8.42 Å². The lowest BCUT2D eigenvalue weighted by atomic mass is 10.1. The standard InChI is InChI=1S/C19H22BrN3O4S/c1-13(2)21-19(25)16-9-4-5-10-17(16)22-18(24)12-23(28(3,26)27)15-8-6-7-14(20)11-15/h4-11,13H,12H2,1-3H3,(H,21,25)(H,22,24). The molecule has 2 rings (SSSR count). The Hall–Kier alpha value is -2.39. The van der Waals surface area contributed by atoms with Crippen LogP contribution in [0.2, 0.25) is 0 Å². The summed E-state index contributed by atoms with van der Waals surface area (Å²) < 4.78 is 26.1. The molecule has 7 nitrogen and oxygen atoms in total. The van der Waals surface area contributed by atoms with Crippen LogP contribution in [-0.2, 0) is 14.8 Å². The van der Waals surface area contributed by atoms with Crippen molar-refractivity contribution in [3.05, 3.63) is 58.6 Å². The van der Waals surface area contributed by atoms with Crippen LogP contribution in [0.1, 0.15) is 24.2 Å². The molecule has 0 aromatic heterocycles. The molecule has 0 aliphatic heterocycles. The minimum Gasteiger partial charge on any atom is -0.350 e. The highest BCUT2D eigenvalue weighted by Crippen LogP contribution is 2.22. The van der Waals surface area contributed by atoms with Crippen LogP contribution in [-0.4, -0.2) is 39.1 Å². The van der Waals surface area contributed by atoms with Crippen LogP contribution >= 0.6 is 15.9 Å². The van der Waals surface area contributed by atoms with Crippen molar-refractivity contribution in [1.29, 1.82) is 0 Å². The predicted molar refractivity (Wildman–Crippen MR) is 114 cm³/mol. The molecule has 0 radical (unpaired) electrons. The number of carbonyl (C=O) groups is 2. The minimum atomic E-state index is -3.69. The fourth-order valence-electron chi connectivity index (χ4n) is 2.48. The van der Waals surface area contributed by atoms with Crippen molar-refractivity contribution in [3.63, 3.8) is 0 Å². The smallest absolute Gasteiger partial charge is 0.253 e. The Labute approximate surface area is 173 Å². The molecule has 0 heterocycles. The van der Waals surface area contributed by atoms with Gasteiger partial charge in [0.05, 0.1) is 23.2 Å². The largest absolute Gasteiger partial charge is 0.350 e. The van der Waals surface area contributed by atoms with Crippen molar-refractivity contribution in [2.75, 3.05) is 22.4 Å². The summed E-state index contributed by atoms with van der Waals surface area (Å²) in [5, 5.41) is 5.40. The molecule has 0 saturated carbocycles. The van der Waals surface area contributed by atoms with Crippen LogP contribution < -0.4 is 14.9 Å². The molecule has 0 bridgehead atoms. The quantitative estimate of drug-likeness (QED) is 0.653.